The van der Waals surface area contributed by atoms with Crippen molar-refractivity contribution in [3.8, 4) is 0 Å². The molecule has 1 aliphatic rings. The van der Waals surface area contributed by atoms with Crippen LogP contribution in [0.5, 0.6) is 0 Å². The molecule has 0 saturated heterocycles. The Balaban J connectivity index is 2.43. The summed E-state index contributed by atoms with van der Waals surface area (Å²) in [6, 6.07) is 1.53. The molecule has 1 unspecified atom stereocenters. The van der Waals surface area contributed by atoms with E-state index in [0.717, 1.165) is 24.8 Å². The van der Waals surface area contributed by atoms with Crippen molar-refractivity contribution < 1.29 is 4.39 Å². The zero-order valence-corrected chi connectivity index (χ0v) is 9.96. The lowest BCUT2D eigenvalue weighted by Gasteiger charge is -2.48. The van der Waals surface area contributed by atoms with Crippen molar-refractivity contribution in [2.75, 3.05) is 0 Å². The van der Waals surface area contributed by atoms with E-state index in [0.29, 0.717) is 0 Å². The van der Waals surface area contributed by atoms with Crippen molar-refractivity contribution >= 4 is 0 Å². The van der Waals surface area contributed by atoms with Crippen LogP contribution in [0.1, 0.15) is 45.1 Å². The third-order valence-electron chi connectivity index (χ3n) is 4.05. The maximum absolute atomic E-state index is 13.2. The molecule has 1 saturated carbocycles. The highest BCUT2D eigenvalue weighted by atomic mass is 19.1. The van der Waals surface area contributed by atoms with E-state index in [9.17, 15) is 4.39 Å². The Morgan fingerprint density at radius 3 is 2.56 bits per heavy atom. The van der Waals surface area contributed by atoms with E-state index in [-0.39, 0.29) is 11.2 Å². The lowest BCUT2D eigenvalue weighted by atomic mass is 9.61. The first-order valence-electron chi connectivity index (χ1n) is 5.86. The van der Waals surface area contributed by atoms with Crippen LogP contribution in [0, 0.1) is 11.2 Å². The smallest absolute Gasteiger partial charge is 0.141 e. The summed E-state index contributed by atoms with van der Waals surface area (Å²) < 4.78 is 13.2. The predicted octanol–water partition coefficient (Wildman–Crippen LogP) is 2.97. The minimum atomic E-state index is -0.444. The average molecular weight is 222 g/mol. The van der Waals surface area contributed by atoms with Gasteiger partial charge in [-0.15, -0.1) is 0 Å². The zero-order chi connectivity index (χ0) is 11.8. The second-order valence-electron chi connectivity index (χ2n) is 5.45. The van der Waals surface area contributed by atoms with E-state index >= 15 is 0 Å². The summed E-state index contributed by atoms with van der Waals surface area (Å²) in [5, 5.41) is 0. The first kappa shape index (κ1) is 11.5. The van der Waals surface area contributed by atoms with Gasteiger partial charge in [-0.25, -0.2) is 4.39 Å². The van der Waals surface area contributed by atoms with E-state index < -0.39 is 5.54 Å². The molecular weight excluding hydrogens is 203 g/mol. The summed E-state index contributed by atoms with van der Waals surface area (Å²) >= 11 is 0. The lowest BCUT2D eigenvalue weighted by molar-refractivity contribution is 0.0972. The van der Waals surface area contributed by atoms with Crippen molar-refractivity contribution in [1.82, 2.24) is 4.98 Å². The third-order valence-corrected chi connectivity index (χ3v) is 4.05. The molecular formula is C13H19FN2. The molecule has 16 heavy (non-hydrogen) atoms. The number of nitrogens with zero attached hydrogens (tertiary/aromatic N) is 1. The fourth-order valence-electron chi connectivity index (χ4n) is 2.72. The maximum Gasteiger partial charge on any atom is 0.141 e. The zero-order valence-electron chi connectivity index (χ0n) is 9.96. The number of hydrogen-bond donors (Lipinski definition) is 1. The molecule has 0 radical (unpaired) electrons. The number of pyridine rings is 1. The second kappa shape index (κ2) is 3.81. The van der Waals surface area contributed by atoms with E-state index in [4.69, 9.17) is 5.73 Å². The Morgan fingerprint density at radius 2 is 1.94 bits per heavy atom. The van der Waals surface area contributed by atoms with Gasteiger partial charge in [0, 0.05) is 11.7 Å². The van der Waals surface area contributed by atoms with Crippen LogP contribution >= 0.6 is 0 Å². The Kier molecular flexibility index (Phi) is 2.74. The summed E-state index contributed by atoms with van der Waals surface area (Å²) in [6.45, 7) is 4.33. The van der Waals surface area contributed by atoms with Gasteiger partial charge in [0.2, 0.25) is 0 Å². The summed E-state index contributed by atoms with van der Waals surface area (Å²) in [5.41, 5.74) is 6.91. The fourth-order valence-corrected chi connectivity index (χ4v) is 2.72. The number of nitrogens with two attached hydrogens (primary N) is 1. The standard InChI is InChI=1S/C13H19FN2/c1-12(2)5-3-4-6-13(12,15)10-7-11(14)9-16-8-10/h7-9H,3-6,15H2,1-2H3. The van der Waals surface area contributed by atoms with Crippen molar-refractivity contribution in [1.29, 1.82) is 0 Å². The van der Waals surface area contributed by atoms with Crippen molar-refractivity contribution in [2.45, 2.75) is 45.1 Å². The van der Waals surface area contributed by atoms with Gasteiger partial charge in [0.05, 0.1) is 6.20 Å². The first-order valence-corrected chi connectivity index (χ1v) is 5.86. The largest absolute Gasteiger partial charge is 0.321 e. The van der Waals surface area contributed by atoms with Gasteiger partial charge in [0.1, 0.15) is 5.82 Å². The van der Waals surface area contributed by atoms with Gasteiger partial charge in [-0.05, 0) is 29.9 Å². The predicted molar refractivity (Wildman–Crippen MR) is 62.3 cm³/mol. The van der Waals surface area contributed by atoms with Crippen LogP contribution in [0.2, 0.25) is 0 Å². The molecule has 1 aromatic rings. The molecule has 1 aromatic heterocycles. The minimum absolute atomic E-state index is 0.000718. The molecule has 1 fully saturated rings. The Bertz CT molecular complexity index is 389. The van der Waals surface area contributed by atoms with Gasteiger partial charge < -0.3 is 5.73 Å². The molecule has 1 atom stereocenters. The SMILES string of the molecule is CC1(C)CCCCC1(N)c1cncc(F)c1. The minimum Gasteiger partial charge on any atom is -0.321 e. The highest BCUT2D eigenvalue weighted by Crippen LogP contribution is 2.48. The molecule has 1 heterocycles. The highest BCUT2D eigenvalue weighted by Gasteiger charge is 2.44. The lowest BCUT2D eigenvalue weighted by Crippen LogP contribution is -2.51. The van der Waals surface area contributed by atoms with E-state index in [1.807, 2.05) is 0 Å². The number of aromatic nitrogens is 1. The number of hydrogen-bond acceptors (Lipinski definition) is 2. The van der Waals surface area contributed by atoms with Crippen LogP contribution in [-0.4, -0.2) is 4.98 Å². The average Bonchev–Trinajstić information content (AvgIpc) is 2.22. The molecule has 0 bridgehead atoms. The van der Waals surface area contributed by atoms with Crippen molar-refractivity contribution in [3.05, 3.63) is 29.8 Å². The molecule has 0 amide bonds. The topological polar surface area (TPSA) is 38.9 Å². The van der Waals surface area contributed by atoms with Gasteiger partial charge in [0.25, 0.3) is 0 Å². The van der Waals surface area contributed by atoms with Crippen LogP contribution in [0.3, 0.4) is 0 Å². The third kappa shape index (κ3) is 1.73. The Labute approximate surface area is 96.1 Å². The monoisotopic (exact) mass is 222 g/mol. The number of rotatable bonds is 1. The van der Waals surface area contributed by atoms with Gasteiger partial charge in [0.15, 0.2) is 0 Å². The summed E-state index contributed by atoms with van der Waals surface area (Å²) in [7, 11) is 0. The molecule has 2 N–H and O–H groups in total. The first-order chi connectivity index (χ1) is 7.46. The van der Waals surface area contributed by atoms with Crippen LogP contribution in [-0.2, 0) is 5.54 Å². The van der Waals surface area contributed by atoms with Gasteiger partial charge in [-0.2, -0.15) is 0 Å². The van der Waals surface area contributed by atoms with E-state index in [2.05, 4.69) is 18.8 Å². The maximum atomic E-state index is 13.2. The number of halogens is 1. The molecule has 2 rings (SSSR count). The summed E-state index contributed by atoms with van der Waals surface area (Å²) in [5.74, 6) is -0.302. The van der Waals surface area contributed by atoms with Crippen LogP contribution < -0.4 is 5.73 Å². The van der Waals surface area contributed by atoms with Gasteiger partial charge >= 0.3 is 0 Å². The van der Waals surface area contributed by atoms with Gasteiger partial charge in [-0.1, -0.05) is 26.7 Å². The molecule has 0 spiro atoms. The fraction of sp³-hybridized carbons (Fsp3) is 0.615. The van der Waals surface area contributed by atoms with E-state index in [1.165, 1.54) is 18.7 Å². The molecule has 0 aromatic carbocycles. The van der Waals surface area contributed by atoms with Crippen molar-refractivity contribution in [2.24, 2.45) is 11.1 Å². The molecule has 2 nitrogen and oxygen atoms in total. The van der Waals surface area contributed by atoms with Crippen LogP contribution in [0.4, 0.5) is 4.39 Å². The molecule has 0 aliphatic heterocycles. The molecule has 88 valence electrons. The van der Waals surface area contributed by atoms with Crippen LogP contribution in [0.15, 0.2) is 18.5 Å². The van der Waals surface area contributed by atoms with E-state index in [1.54, 1.807) is 6.20 Å². The quantitative estimate of drug-likeness (QED) is 0.793. The van der Waals surface area contributed by atoms with Crippen molar-refractivity contribution in [3.63, 3.8) is 0 Å². The highest BCUT2D eigenvalue weighted by molar-refractivity contribution is 5.25. The summed E-state index contributed by atoms with van der Waals surface area (Å²) in [4.78, 5) is 3.92. The van der Waals surface area contributed by atoms with Gasteiger partial charge in [-0.3, -0.25) is 4.98 Å². The van der Waals surface area contributed by atoms with Crippen LogP contribution in [0.25, 0.3) is 0 Å². The molecule has 3 heteroatoms. The Morgan fingerprint density at radius 1 is 1.25 bits per heavy atom. The normalized spacial score (nSPS) is 29.0. The summed E-state index contributed by atoms with van der Waals surface area (Å²) in [6.07, 6.45) is 7.23. The Hall–Kier alpha value is -0.960. The second-order valence-corrected chi connectivity index (χ2v) is 5.45. The molecule has 1 aliphatic carbocycles.